The van der Waals surface area contributed by atoms with E-state index in [4.69, 9.17) is 11.6 Å². The van der Waals surface area contributed by atoms with Crippen LogP contribution in [0.25, 0.3) is 0 Å². The summed E-state index contributed by atoms with van der Waals surface area (Å²) in [5.74, 6) is -0.0693. The third kappa shape index (κ3) is 5.18. The van der Waals surface area contributed by atoms with Gasteiger partial charge in [-0.1, -0.05) is 59.8 Å². The third-order valence-electron chi connectivity index (χ3n) is 3.82. The highest BCUT2D eigenvalue weighted by atomic mass is 35.5. The summed E-state index contributed by atoms with van der Waals surface area (Å²) >= 11 is 7.23. The third-order valence-corrected chi connectivity index (χ3v) is 5.05. The first-order valence-electron chi connectivity index (χ1n) is 8.20. The quantitative estimate of drug-likeness (QED) is 0.619. The zero-order valence-electron chi connectivity index (χ0n) is 14.5. The number of hydrogen-bond donors (Lipinski definition) is 2. The summed E-state index contributed by atoms with van der Waals surface area (Å²) in [7, 11) is 0. The zero-order chi connectivity index (χ0) is 19.2. The molecule has 0 aliphatic rings. The Morgan fingerprint density at radius 2 is 1.89 bits per heavy atom. The van der Waals surface area contributed by atoms with Gasteiger partial charge in [0.1, 0.15) is 5.69 Å². The maximum absolute atomic E-state index is 12.2. The number of para-hydroxylation sites is 1. The standard InChI is InChI=1S/C19H17ClN4O2S/c1-12-6-2-5-9-15(12)21-17(25)11-27-19-22-18(26)16(23-24-19)10-13-7-3-4-8-14(13)20/h2-9H,10-11H2,1H3,(H,21,25)(H,22,24,26). The molecule has 0 radical (unpaired) electrons. The van der Waals surface area contributed by atoms with Crippen molar-refractivity contribution in [2.75, 3.05) is 11.1 Å². The molecule has 27 heavy (non-hydrogen) atoms. The number of H-pyrrole nitrogens is 1. The van der Waals surface area contributed by atoms with Crippen molar-refractivity contribution in [1.82, 2.24) is 15.2 Å². The van der Waals surface area contributed by atoms with Crippen LogP contribution in [0, 0.1) is 6.92 Å². The van der Waals surface area contributed by atoms with E-state index in [9.17, 15) is 9.59 Å². The summed E-state index contributed by atoms with van der Waals surface area (Å²) in [6, 6.07) is 14.8. The first kappa shape index (κ1) is 19.1. The molecular formula is C19H17ClN4O2S. The highest BCUT2D eigenvalue weighted by Gasteiger charge is 2.11. The number of aryl methyl sites for hydroxylation is 1. The number of aromatic amines is 1. The highest BCUT2D eigenvalue weighted by molar-refractivity contribution is 7.99. The molecule has 8 heteroatoms. The molecule has 1 amide bonds. The molecule has 0 aliphatic carbocycles. The van der Waals surface area contributed by atoms with Crippen molar-refractivity contribution in [3.05, 3.63) is 80.7 Å². The average molecular weight is 401 g/mol. The van der Waals surface area contributed by atoms with Crippen molar-refractivity contribution in [2.45, 2.75) is 18.5 Å². The van der Waals surface area contributed by atoms with Gasteiger partial charge in [-0.15, -0.1) is 10.2 Å². The van der Waals surface area contributed by atoms with E-state index in [0.29, 0.717) is 16.6 Å². The fraction of sp³-hybridized carbons (Fsp3) is 0.158. The maximum atomic E-state index is 12.2. The normalized spacial score (nSPS) is 10.6. The Kier molecular flexibility index (Phi) is 6.26. The van der Waals surface area contributed by atoms with Crippen LogP contribution in [-0.2, 0) is 11.2 Å². The van der Waals surface area contributed by atoms with Gasteiger partial charge in [-0.2, -0.15) is 0 Å². The van der Waals surface area contributed by atoms with Gasteiger partial charge in [0.2, 0.25) is 5.91 Å². The smallest absolute Gasteiger partial charge is 0.273 e. The SMILES string of the molecule is Cc1ccccc1NC(=O)CSc1nnc(Cc2ccccc2Cl)c(=O)[nH]1. The van der Waals surface area contributed by atoms with Crippen LogP contribution >= 0.6 is 23.4 Å². The molecule has 2 N–H and O–H groups in total. The van der Waals surface area contributed by atoms with E-state index in [0.717, 1.165) is 28.6 Å². The molecule has 0 aliphatic heterocycles. The number of benzene rings is 2. The lowest BCUT2D eigenvalue weighted by Gasteiger charge is -2.07. The first-order chi connectivity index (χ1) is 13.0. The Labute approximate surface area is 165 Å². The molecule has 0 saturated heterocycles. The summed E-state index contributed by atoms with van der Waals surface area (Å²) in [4.78, 5) is 27.0. The average Bonchev–Trinajstić information content (AvgIpc) is 2.65. The molecule has 0 fully saturated rings. The number of amides is 1. The van der Waals surface area contributed by atoms with Gasteiger partial charge in [-0.25, -0.2) is 0 Å². The summed E-state index contributed by atoms with van der Waals surface area (Å²) in [5, 5.41) is 11.7. The Morgan fingerprint density at radius 3 is 2.63 bits per heavy atom. The van der Waals surface area contributed by atoms with Gasteiger partial charge in [-0.05, 0) is 30.2 Å². The lowest BCUT2D eigenvalue weighted by Crippen LogP contribution is -2.19. The summed E-state index contributed by atoms with van der Waals surface area (Å²) in [6.07, 6.45) is 0.292. The largest absolute Gasteiger partial charge is 0.325 e. The second kappa shape index (κ2) is 8.83. The van der Waals surface area contributed by atoms with Gasteiger partial charge in [0.25, 0.3) is 5.56 Å². The van der Waals surface area contributed by atoms with E-state index in [1.54, 1.807) is 6.07 Å². The number of hydrogen-bond acceptors (Lipinski definition) is 5. The first-order valence-corrected chi connectivity index (χ1v) is 9.57. The molecule has 0 unspecified atom stereocenters. The van der Waals surface area contributed by atoms with Gasteiger partial charge < -0.3 is 5.32 Å². The van der Waals surface area contributed by atoms with E-state index < -0.39 is 0 Å². The zero-order valence-corrected chi connectivity index (χ0v) is 16.1. The number of carbonyl (C=O) groups is 1. The summed E-state index contributed by atoms with van der Waals surface area (Å²) in [6.45, 7) is 1.92. The van der Waals surface area contributed by atoms with Crippen LogP contribution in [0.4, 0.5) is 5.69 Å². The topological polar surface area (TPSA) is 87.7 Å². The minimum Gasteiger partial charge on any atom is -0.325 e. The van der Waals surface area contributed by atoms with Crippen LogP contribution in [-0.4, -0.2) is 26.8 Å². The number of nitrogens with one attached hydrogen (secondary N) is 2. The predicted molar refractivity (Wildman–Crippen MR) is 107 cm³/mol. The van der Waals surface area contributed by atoms with E-state index in [1.807, 2.05) is 49.4 Å². The van der Waals surface area contributed by atoms with E-state index in [2.05, 4.69) is 20.5 Å². The molecule has 1 aromatic heterocycles. The van der Waals surface area contributed by atoms with Crippen molar-refractivity contribution in [3.8, 4) is 0 Å². The van der Waals surface area contributed by atoms with Crippen molar-refractivity contribution >= 4 is 35.0 Å². The van der Waals surface area contributed by atoms with Crippen LogP contribution in [0.1, 0.15) is 16.8 Å². The molecule has 0 spiro atoms. The monoisotopic (exact) mass is 400 g/mol. The number of halogens is 1. The second-order valence-corrected chi connectivity index (χ2v) is 7.20. The van der Waals surface area contributed by atoms with Crippen LogP contribution in [0.15, 0.2) is 58.5 Å². The van der Waals surface area contributed by atoms with Crippen molar-refractivity contribution in [1.29, 1.82) is 0 Å². The fourth-order valence-corrected chi connectivity index (χ4v) is 3.19. The molecule has 2 aromatic carbocycles. The molecule has 6 nitrogen and oxygen atoms in total. The van der Waals surface area contributed by atoms with Gasteiger partial charge >= 0.3 is 0 Å². The minimum absolute atomic E-state index is 0.114. The number of rotatable bonds is 6. The molecule has 0 saturated carbocycles. The maximum Gasteiger partial charge on any atom is 0.273 e. The van der Waals surface area contributed by atoms with Crippen LogP contribution in [0.5, 0.6) is 0 Å². The van der Waals surface area contributed by atoms with E-state index in [-0.39, 0.29) is 22.9 Å². The Morgan fingerprint density at radius 1 is 1.15 bits per heavy atom. The predicted octanol–water partition coefficient (Wildman–Crippen LogP) is 3.45. The van der Waals surface area contributed by atoms with Gasteiger partial charge in [0.05, 0.1) is 5.75 Å². The van der Waals surface area contributed by atoms with Gasteiger partial charge in [0.15, 0.2) is 5.16 Å². The molecule has 1 heterocycles. The summed E-state index contributed by atoms with van der Waals surface area (Å²) < 4.78 is 0. The number of aromatic nitrogens is 3. The Bertz CT molecular complexity index is 1020. The number of anilines is 1. The molecule has 138 valence electrons. The Balaban J connectivity index is 1.61. The summed E-state index contributed by atoms with van der Waals surface area (Å²) in [5.41, 5.74) is 2.48. The fourth-order valence-electron chi connectivity index (χ4n) is 2.38. The molecular weight excluding hydrogens is 384 g/mol. The molecule has 0 bridgehead atoms. The number of thioether (sulfide) groups is 1. The second-order valence-electron chi connectivity index (χ2n) is 5.83. The molecule has 3 aromatic rings. The van der Waals surface area contributed by atoms with Crippen molar-refractivity contribution in [3.63, 3.8) is 0 Å². The minimum atomic E-state index is -0.341. The van der Waals surface area contributed by atoms with Gasteiger partial charge in [-0.3, -0.25) is 14.6 Å². The van der Waals surface area contributed by atoms with Crippen molar-refractivity contribution in [2.24, 2.45) is 0 Å². The molecule has 0 atom stereocenters. The van der Waals surface area contributed by atoms with Crippen LogP contribution in [0.2, 0.25) is 5.02 Å². The van der Waals surface area contributed by atoms with Crippen LogP contribution in [0.3, 0.4) is 0 Å². The molecule has 3 rings (SSSR count). The lowest BCUT2D eigenvalue weighted by atomic mass is 10.1. The van der Waals surface area contributed by atoms with Crippen molar-refractivity contribution < 1.29 is 4.79 Å². The lowest BCUT2D eigenvalue weighted by molar-refractivity contribution is -0.113. The Hall–Kier alpha value is -2.64. The van der Waals surface area contributed by atoms with E-state index >= 15 is 0 Å². The number of nitrogens with zero attached hydrogens (tertiary/aromatic N) is 2. The van der Waals surface area contributed by atoms with Gasteiger partial charge in [0, 0.05) is 17.1 Å². The van der Waals surface area contributed by atoms with Crippen LogP contribution < -0.4 is 10.9 Å². The highest BCUT2D eigenvalue weighted by Crippen LogP contribution is 2.18. The number of carbonyl (C=O) groups excluding carboxylic acids is 1. The van der Waals surface area contributed by atoms with E-state index in [1.165, 1.54) is 0 Å².